The van der Waals surface area contributed by atoms with Gasteiger partial charge in [-0.3, -0.25) is 9.78 Å². The molecule has 0 bridgehead atoms. The van der Waals surface area contributed by atoms with Crippen LogP contribution in [0.2, 0.25) is 0 Å². The van der Waals surface area contributed by atoms with Crippen molar-refractivity contribution < 1.29 is 4.79 Å². The molecule has 0 radical (unpaired) electrons. The van der Waals surface area contributed by atoms with Crippen molar-refractivity contribution in [2.45, 2.75) is 19.4 Å². The molecule has 0 aromatic carbocycles. The Morgan fingerprint density at radius 3 is 3.06 bits per heavy atom. The molecule has 0 fully saturated rings. The van der Waals surface area contributed by atoms with Gasteiger partial charge in [0.1, 0.15) is 5.69 Å². The Morgan fingerprint density at radius 1 is 1.56 bits per heavy atom. The number of carbonyl (C=O) groups is 1. The summed E-state index contributed by atoms with van der Waals surface area (Å²) in [6.45, 7) is 1.98. The average molecular weight is 261 g/mol. The second kappa shape index (κ2) is 5.64. The van der Waals surface area contributed by atoms with E-state index in [-0.39, 0.29) is 11.9 Å². The molecule has 0 aliphatic rings. The second-order valence-corrected chi connectivity index (χ2v) is 5.16. The van der Waals surface area contributed by atoms with Crippen molar-refractivity contribution >= 4 is 22.9 Å². The number of amides is 1. The number of nitrogens with one attached hydrogen (secondary N) is 1. The van der Waals surface area contributed by atoms with Crippen LogP contribution in [0.1, 0.15) is 22.3 Å². The lowest BCUT2D eigenvalue weighted by atomic mass is 10.2. The molecule has 5 heteroatoms. The molecule has 0 spiro atoms. The molecule has 4 nitrogen and oxygen atoms in total. The van der Waals surface area contributed by atoms with Crippen molar-refractivity contribution in [2.24, 2.45) is 0 Å². The first kappa shape index (κ1) is 12.6. The van der Waals surface area contributed by atoms with Gasteiger partial charge in [-0.1, -0.05) is 6.07 Å². The Morgan fingerprint density at radius 2 is 2.39 bits per heavy atom. The molecule has 3 N–H and O–H groups in total. The van der Waals surface area contributed by atoms with E-state index in [2.05, 4.69) is 16.4 Å². The summed E-state index contributed by atoms with van der Waals surface area (Å²) in [5, 5.41) is 4.94. The molecule has 0 aliphatic carbocycles. The van der Waals surface area contributed by atoms with E-state index >= 15 is 0 Å². The number of hydrogen-bond acceptors (Lipinski definition) is 4. The highest BCUT2D eigenvalue weighted by molar-refractivity contribution is 7.09. The summed E-state index contributed by atoms with van der Waals surface area (Å²) in [7, 11) is 0. The molecule has 94 valence electrons. The van der Waals surface area contributed by atoms with E-state index < -0.39 is 0 Å². The third-order valence-corrected chi connectivity index (χ3v) is 3.38. The lowest BCUT2D eigenvalue weighted by Gasteiger charge is -2.12. The highest BCUT2D eigenvalue weighted by atomic mass is 32.1. The van der Waals surface area contributed by atoms with Gasteiger partial charge in [-0.15, -0.1) is 11.3 Å². The summed E-state index contributed by atoms with van der Waals surface area (Å²) in [5.41, 5.74) is 6.52. The number of anilines is 1. The Labute approximate surface area is 110 Å². The molecule has 0 saturated carbocycles. The van der Waals surface area contributed by atoms with Crippen LogP contribution in [-0.2, 0) is 6.42 Å². The smallest absolute Gasteiger partial charge is 0.270 e. The van der Waals surface area contributed by atoms with Crippen molar-refractivity contribution in [2.75, 3.05) is 5.73 Å². The number of hydrogen-bond donors (Lipinski definition) is 2. The molecule has 1 unspecified atom stereocenters. The highest BCUT2D eigenvalue weighted by Gasteiger charge is 2.11. The second-order valence-electron chi connectivity index (χ2n) is 4.13. The van der Waals surface area contributed by atoms with E-state index in [0.29, 0.717) is 11.4 Å². The number of carbonyl (C=O) groups excluding carboxylic acids is 1. The van der Waals surface area contributed by atoms with E-state index in [1.165, 1.54) is 11.1 Å². The van der Waals surface area contributed by atoms with Gasteiger partial charge in [0.05, 0.1) is 0 Å². The maximum atomic E-state index is 11.9. The van der Waals surface area contributed by atoms with E-state index in [1.807, 2.05) is 18.4 Å². The van der Waals surface area contributed by atoms with Gasteiger partial charge < -0.3 is 11.1 Å². The van der Waals surface area contributed by atoms with Gasteiger partial charge in [-0.2, -0.15) is 0 Å². The zero-order valence-corrected chi connectivity index (χ0v) is 10.9. The average Bonchev–Trinajstić information content (AvgIpc) is 2.81. The minimum Gasteiger partial charge on any atom is -0.399 e. The van der Waals surface area contributed by atoms with Crippen LogP contribution in [0, 0.1) is 0 Å². The lowest BCUT2D eigenvalue weighted by molar-refractivity contribution is 0.0935. The van der Waals surface area contributed by atoms with Crippen LogP contribution in [0.4, 0.5) is 5.69 Å². The maximum Gasteiger partial charge on any atom is 0.270 e. The third kappa shape index (κ3) is 3.30. The molecular formula is C13H15N3OS. The normalized spacial score (nSPS) is 12.1. The van der Waals surface area contributed by atoms with Crippen LogP contribution >= 0.6 is 11.3 Å². The number of aromatic nitrogens is 1. The number of nitrogens with zero attached hydrogens (tertiary/aromatic N) is 1. The molecule has 2 rings (SSSR count). The van der Waals surface area contributed by atoms with Crippen LogP contribution in [0.15, 0.2) is 35.8 Å². The highest BCUT2D eigenvalue weighted by Crippen LogP contribution is 2.11. The van der Waals surface area contributed by atoms with E-state index in [4.69, 9.17) is 5.73 Å². The van der Waals surface area contributed by atoms with Crippen LogP contribution in [0.3, 0.4) is 0 Å². The largest absolute Gasteiger partial charge is 0.399 e. The first-order valence-corrected chi connectivity index (χ1v) is 6.58. The van der Waals surface area contributed by atoms with Crippen molar-refractivity contribution in [3.05, 3.63) is 46.4 Å². The van der Waals surface area contributed by atoms with Gasteiger partial charge in [-0.25, -0.2) is 0 Å². The molecule has 2 heterocycles. The minimum atomic E-state index is -0.189. The fourth-order valence-electron chi connectivity index (χ4n) is 1.65. The zero-order valence-electron chi connectivity index (χ0n) is 10.1. The number of pyridine rings is 1. The summed E-state index contributed by atoms with van der Waals surface area (Å²) in [5.74, 6) is -0.189. The molecule has 0 saturated heterocycles. The van der Waals surface area contributed by atoms with Gasteiger partial charge >= 0.3 is 0 Å². The number of thiophene rings is 1. The monoisotopic (exact) mass is 261 g/mol. The molecule has 1 atom stereocenters. The first-order valence-electron chi connectivity index (χ1n) is 5.70. The van der Waals surface area contributed by atoms with Gasteiger partial charge in [-0.05, 0) is 30.5 Å². The maximum absolute atomic E-state index is 11.9. The summed E-state index contributed by atoms with van der Waals surface area (Å²) in [6.07, 6.45) is 2.36. The fourth-order valence-corrected chi connectivity index (χ4v) is 2.49. The Kier molecular flexibility index (Phi) is 3.94. The van der Waals surface area contributed by atoms with Crippen LogP contribution < -0.4 is 11.1 Å². The van der Waals surface area contributed by atoms with Gasteiger partial charge in [0.25, 0.3) is 5.91 Å². The van der Waals surface area contributed by atoms with Gasteiger partial charge in [0, 0.05) is 29.2 Å². The summed E-state index contributed by atoms with van der Waals surface area (Å²) in [6, 6.07) is 7.37. The fraction of sp³-hybridized carbons (Fsp3) is 0.231. The minimum absolute atomic E-state index is 0.0689. The predicted molar refractivity (Wildman–Crippen MR) is 73.6 cm³/mol. The van der Waals surface area contributed by atoms with Crippen LogP contribution in [0.5, 0.6) is 0 Å². The Balaban J connectivity index is 1.95. The molecular weight excluding hydrogens is 246 g/mol. The standard InChI is InChI=1S/C13H15N3OS/c1-9(7-11-3-2-6-18-11)16-13(17)12-8-10(14)4-5-15-12/h2-6,8-9H,7H2,1H3,(H2,14,15)(H,16,17). The summed E-state index contributed by atoms with van der Waals surface area (Å²) in [4.78, 5) is 17.2. The molecule has 18 heavy (non-hydrogen) atoms. The van der Waals surface area contributed by atoms with Gasteiger partial charge in [0.2, 0.25) is 0 Å². The summed E-state index contributed by atoms with van der Waals surface area (Å²) < 4.78 is 0. The Bertz CT molecular complexity index is 525. The zero-order chi connectivity index (χ0) is 13.0. The third-order valence-electron chi connectivity index (χ3n) is 2.48. The SMILES string of the molecule is CC(Cc1cccs1)NC(=O)c1cc(N)ccn1. The van der Waals surface area contributed by atoms with Crippen molar-refractivity contribution in [1.82, 2.24) is 10.3 Å². The predicted octanol–water partition coefficient (Wildman–Crippen LogP) is 2.09. The number of rotatable bonds is 4. The Hall–Kier alpha value is -1.88. The van der Waals surface area contributed by atoms with Crippen molar-refractivity contribution in [3.8, 4) is 0 Å². The molecule has 2 aromatic heterocycles. The topological polar surface area (TPSA) is 68.0 Å². The summed E-state index contributed by atoms with van der Waals surface area (Å²) >= 11 is 1.69. The van der Waals surface area contributed by atoms with Crippen LogP contribution in [0.25, 0.3) is 0 Å². The van der Waals surface area contributed by atoms with Crippen molar-refractivity contribution in [1.29, 1.82) is 0 Å². The molecule has 1 amide bonds. The van der Waals surface area contributed by atoms with E-state index in [9.17, 15) is 4.79 Å². The number of nitrogen functional groups attached to an aromatic ring is 1. The number of nitrogens with two attached hydrogens (primary N) is 1. The van der Waals surface area contributed by atoms with E-state index in [0.717, 1.165) is 6.42 Å². The first-order chi connectivity index (χ1) is 8.65. The van der Waals surface area contributed by atoms with Crippen molar-refractivity contribution in [3.63, 3.8) is 0 Å². The van der Waals surface area contributed by atoms with Gasteiger partial charge in [0.15, 0.2) is 0 Å². The lowest BCUT2D eigenvalue weighted by Crippen LogP contribution is -2.34. The quantitative estimate of drug-likeness (QED) is 0.885. The van der Waals surface area contributed by atoms with E-state index in [1.54, 1.807) is 23.5 Å². The van der Waals surface area contributed by atoms with Crippen LogP contribution in [-0.4, -0.2) is 16.9 Å². The molecule has 2 aromatic rings. The molecule has 0 aliphatic heterocycles.